The molecule has 24 heavy (non-hydrogen) atoms. The summed E-state index contributed by atoms with van der Waals surface area (Å²) >= 11 is 0. The van der Waals surface area contributed by atoms with Gasteiger partial charge in [0, 0.05) is 32.0 Å². The molecule has 0 saturated heterocycles. The minimum absolute atomic E-state index is 0.851. The van der Waals surface area contributed by atoms with Crippen LogP contribution in [0.2, 0.25) is 0 Å². The maximum Gasteiger partial charge on any atom is 0.138 e. The molecule has 8 heteroatoms. The van der Waals surface area contributed by atoms with E-state index in [1.54, 1.807) is 19.0 Å². The number of hydrogen-bond donors (Lipinski definition) is 0. The zero-order valence-electron chi connectivity index (χ0n) is 12.9. The lowest BCUT2D eigenvalue weighted by Crippen LogP contribution is -2.18. The average molecular weight is 318 g/mol. The van der Waals surface area contributed by atoms with Crippen molar-refractivity contribution in [2.45, 2.75) is 12.8 Å². The molecule has 0 atom stereocenters. The van der Waals surface area contributed by atoms with Crippen molar-refractivity contribution < 1.29 is 0 Å². The van der Waals surface area contributed by atoms with Gasteiger partial charge in [0.2, 0.25) is 0 Å². The van der Waals surface area contributed by atoms with Gasteiger partial charge < -0.3 is 9.80 Å². The Bertz CT molecular complexity index is 841. The molecule has 118 valence electrons. The summed E-state index contributed by atoms with van der Waals surface area (Å²) in [6.45, 7) is 1.70. The highest BCUT2D eigenvalue weighted by Gasteiger charge is 2.26. The SMILES string of the molecule is c1nc(N2CCc3ncncc32)cc(N2CCc3ncncc32)n1. The summed E-state index contributed by atoms with van der Waals surface area (Å²) in [5, 5.41) is 0. The number of nitrogens with zero attached hydrogens (tertiary/aromatic N) is 8. The Morgan fingerprint density at radius 2 is 1.21 bits per heavy atom. The van der Waals surface area contributed by atoms with Crippen LogP contribution in [0.25, 0.3) is 0 Å². The molecule has 0 saturated carbocycles. The first-order valence-electron chi connectivity index (χ1n) is 7.85. The largest absolute Gasteiger partial charge is 0.323 e. The molecule has 5 heterocycles. The Morgan fingerprint density at radius 3 is 1.75 bits per heavy atom. The van der Waals surface area contributed by atoms with E-state index in [0.717, 1.165) is 60.3 Å². The molecule has 3 aromatic rings. The predicted octanol–water partition coefficient (Wildman–Crippen LogP) is 1.45. The van der Waals surface area contributed by atoms with Crippen LogP contribution in [-0.2, 0) is 12.8 Å². The molecular formula is C16H14N8. The molecule has 0 amide bonds. The Hall–Kier alpha value is -3.16. The Labute approximate surface area is 138 Å². The lowest BCUT2D eigenvalue weighted by atomic mass is 10.3. The summed E-state index contributed by atoms with van der Waals surface area (Å²) < 4.78 is 0. The van der Waals surface area contributed by atoms with E-state index in [1.807, 2.05) is 18.5 Å². The van der Waals surface area contributed by atoms with Crippen molar-refractivity contribution in [3.63, 3.8) is 0 Å². The monoisotopic (exact) mass is 318 g/mol. The maximum atomic E-state index is 4.45. The molecule has 0 spiro atoms. The van der Waals surface area contributed by atoms with Crippen LogP contribution < -0.4 is 9.80 Å². The molecule has 8 nitrogen and oxygen atoms in total. The van der Waals surface area contributed by atoms with E-state index in [9.17, 15) is 0 Å². The molecule has 2 aliphatic heterocycles. The highest BCUT2D eigenvalue weighted by atomic mass is 15.3. The predicted molar refractivity (Wildman–Crippen MR) is 87.5 cm³/mol. The third-order valence-electron chi connectivity index (χ3n) is 4.46. The van der Waals surface area contributed by atoms with Gasteiger partial charge in [0.25, 0.3) is 0 Å². The summed E-state index contributed by atoms with van der Waals surface area (Å²) in [6.07, 6.45) is 10.3. The second kappa shape index (κ2) is 5.19. The van der Waals surface area contributed by atoms with Gasteiger partial charge in [-0.1, -0.05) is 0 Å². The van der Waals surface area contributed by atoms with E-state index in [0.29, 0.717) is 0 Å². The lowest BCUT2D eigenvalue weighted by molar-refractivity contribution is 0.930. The zero-order chi connectivity index (χ0) is 15.9. The zero-order valence-corrected chi connectivity index (χ0v) is 12.9. The van der Waals surface area contributed by atoms with Crippen molar-refractivity contribution in [2.75, 3.05) is 22.9 Å². The van der Waals surface area contributed by atoms with Crippen LogP contribution in [0, 0.1) is 0 Å². The van der Waals surface area contributed by atoms with Crippen molar-refractivity contribution in [3.05, 3.63) is 48.8 Å². The van der Waals surface area contributed by atoms with Gasteiger partial charge in [-0.15, -0.1) is 0 Å². The molecule has 0 bridgehead atoms. The Balaban J connectivity index is 1.52. The first-order chi connectivity index (χ1) is 11.9. The summed E-state index contributed by atoms with van der Waals surface area (Å²) in [5.41, 5.74) is 4.16. The molecule has 3 aromatic heterocycles. The average Bonchev–Trinajstić information content (AvgIpc) is 3.26. The van der Waals surface area contributed by atoms with E-state index >= 15 is 0 Å². The van der Waals surface area contributed by atoms with Gasteiger partial charge >= 0.3 is 0 Å². The molecule has 0 aliphatic carbocycles. The van der Waals surface area contributed by atoms with Gasteiger partial charge in [0.15, 0.2) is 0 Å². The molecule has 0 radical (unpaired) electrons. The molecule has 5 rings (SSSR count). The van der Waals surface area contributed by atoms with Gasteiger partial charge in [-0.2, -0.15) is 0 Å². The molecular weight excluding hydrogens is 304 g/mol. The van der Waals surface area contributed by atoms with E-state index in [4.69, 9.17) is 0 Å². The standard InChI is InChI=1S/C16H14N8/c1-3-23(13-6-17-8-19-11(1)13)15-5-16(22-10-21-15)24-4-2-12-14(24)7-18-9-20-12/h5-10H,1-4H2. The summed E-state index contributed by atoms with van der Waals surface area (Å²) in [4.78, 5) is 30.1. The normalized spacial score (nSPS) is 15.5. The smallest absolute Gasteiger partial charge is 0.138 e. The fraction of sp³-hybridized carbons (Fsp3) is 0.250. The molecule has 2 aliphatic rings. The molecule has 0 N–H and O–H groups in total. The third kappa shape index (κ3) is 1.99. The number of fused-ring (bicyclic) bond motifs is 2. The van der Waals surface area contributed by atoms with Crippen LogP contribution in [0.3, 0.4) is 0 Å². The number of anilines is 4. The number of rotatable bonds is 2. The Morgan fingerprint density at radius 1 is 0.667 bits per heavy atom. The molecule has 0 unspecified atom stereocenters. The molecule has 0 fully saturated rings. The summed E-state index contributed by atoms with van der Waals surface area (Å²) in [7, 11) is 0. The second-order valence-electron chi connectivity index (χ2n) is 5.75. The number of aromatic nitrogens is 6. The summed E-state index contributed by atoms with van der Waals surface area (Å²) in [6, 6.07) is 2.00. The van der Waals surface area contributed by atoms with Crippen LogP contribution in [-0.4, -0.2) is 43.0 Å². The molecule has 0 aromatic carbocycles. The highest BCUT2D eigenvalue weighted by molar-refractivity contribution is 5.70. The van der Waals surface area contributed by atoms with Crippen molar-refractivity contribution in [3.8, 4) is 0 Å². The van der Waals surface area contributed by atoms with Crippen LogP contribution in [0.5, 0.6) is 0 Å². The van der Waals surface area contributed by atoms with Crippen LogP contribution in [0.4, 0.5) is 23.0 Å². The minimum Gasteiger partial charge on any atom is -0.323 e. The van der Waals surface area contributed by atoms with Crippen LogP contribution >= 0.6 is 0 Å². The van der Waals surface area contributed by atoms with Gasteiger partial charge in [0.05, 0.1) is 35.2 Å². The highest BCUT2D eigenvalue weighted by Crippen LogP contribution is 2.35. The number of hydrogen-bond acceptors (Lipinski definition) is 8. The third-order valence-corrected chi connectivity index (χ3v) is 4.46. The first kappa shape index (κ1) is 13.3. The van der Waals surface area contributed by atoms with Gasteiger partial charge in [-0.3, -0.25) is 0 Å². The minimum atomic E-state index is 0.851. The lowest BCUT2D eigenvalue weighted by Gasteiger charge is -2.21. The first-order valence-corrected chi connectivity index (χ1v) is 7.85. The van der Waals surface area contributed by atoms with E-state index < -0.39 is 0 Å². The van der Waals surface area contributed by atoms with E-state index in [2.05, 4.69) is 39.7 Å². The Kier molecular flexibility index (Phi) is 2.87. The fourth-order valence-electron chi connectivity index (χ4n) is 3.32. The van der Waals surface area contributed by atoms with Gasteiger partial charge in [-0.05, 0) is 0 Å². The van der Waals surface area contributed by atoms with Gasteiger partial charge in [0.1, 0.15) is 30.6 Å². The van der Waals surface area contributed by atoms with E-state index in [-0.39, 0.29) is 0 Å². The maximum absolute atomic E-state index is 4.45. The van der Waals surface area contributed by atoms with Crippen molar-refractivity contribution in [2.24, 2.45) is 0 Å². The second-order valence-corrected chi connectivity index (χ2v) is 5.75. The van der Waals surface area contributed by atoms with E-state index in [1.165, 1.54) is 0 Å². The van der Waals surface area contributed by atoms with Gasteiger partial charge in [-0.25, -0.2) is 29.9 Å². The van der Waals surface area contributed by atoms with Crippen molar-refractivity contribution in [1.29, 1.82) is 0 Å². The van der Waals surface area contributed by atoms with Crippen molar-refractivity contribution in [1.82, 2.24) is 29.9 Å². The van der Waals surface area contributed by atoms with Crippen LogP contribution in [0.15, 0.2) is 37.4 Å². The fourth-order valence-corrected chi connectivity index (χ4v) is 3.32. The van der Waals surface area contributed by atoms with Crippen molar-refractivity contribution >= 4 is 23.0 Å². The topological polar surface area (TPSA) is 83.8 Å². The summed E-state index contributed by atoms with van der Waals surface area (Å²) in [5.74, 6) is 1.72. The van der Waals surface area contributed by atoms with Crippen LogP contribution in [0.1, 0.15) is 11.4 Å². The quantitative estimate of drug-likeness (QED) is 0.702.